The maximum Gasteiger partial charge on any atom is 0.408 e. The van der Waals surface area contributed by atoms with Crippen LogP contribution in [0.5, 0.6) is 0 Å². The first-order valence-electron chi connectivity index (χ1n) is 11.7. The number of hydrogen-bond acceptors (Lipinski definition) is 5. The molecule has 0 radical (unpaired) electrons. The molecule has 8 heteroatoms. The van der Waals surface area contributed by atoms with E-state index in [4.69, 9.17) is 9.84 Å². The lowest BCUT2D eigenvalue weighted by molar-refractivity contribution is -0.136. The summed E-state index contributed by atoms with van der Waals surface area (Å²) in [6.07, 6.45) is 3.99. The van der Waals surface area contributed by atoms with Crippen molar-refractivity contribution in [2.75, 3.05) is 31.1 Å². The highest BCUT2D eigenvalue weighted by molar-refractivity contribution is 5.89. The van der Waals surface area contributed by atoms with Crippen LogP contribution in [0.25, 0.3) is 0 Å². The highest BCUT2D eigenvalue weighted by Gasteiger charge is 2.30. The molecule has 2 aromatic carbocycles. The second-order valence-electron chi connectivity index (χ2n) is 8.29. The third-order valence-electron chi connectivity index (χ3n) is 5.85. The van der Waals surface area contributed by atoms with E-state index >= 15 is 0 Å². The lowest BCUT2D eigenvalue weighted by atomic mass is 10.0. The van der Waals surface area contributed by atoms with E-state index in [1.807, 2.05) is 42.5 Å². The quantitative estimate of drug-likeness (QED) is 0.495. The molecule has 1 aliphatic rings. The van der Waals surface area contributed by atoms with Gasteiger partial charge in [0, 0.05) is 31.9 Å². The van der Waals surface area contributed by atoms with Gasteiger partial charge in [-0.25, -0.2) is 4.79 Å². The molecule has 1 fully saturated rings. The summed E-state index contributed by atoms with van der Waals surface area (Å²) < 4.78 is 5.32. The number of amides is 2. The Balaban J connectivity index is 1.62. The van der Waals surface area contributed by atoms with Gasteiger partial charge in [-0.05, 0) is 28.8 Å². The standard InChI is InChI=1S/C28H31N3O5/c1-3-8-23(4-2)26(29-28(35)36-20-22-9-6-5-7-10-22)27(34)31-17-15-30(16-18-31)24-13-11-21(12-14-24)19-25(32)33/h3-14,26H,1-2,15-20H2,(H,29,35)(H,32,33)/b23-8+. The number of hydrogen-bond donors (Lipinski definition) is 2. The van der Waals surface area contributed by atoms with Crippen LogP contribution in [0.3, 0.4) is 0 Å². The fourth-order valence-electron chi connectivity index (χ4n) is 3.96. The van der Waals surface area contributed by atoms with E-state index < -0.39 is 18.1 Å². The Labute approximate surface area is 211 Å². The summed E-state index contributed by atoms with van der Waals surface area (Å²) in [5.41, 5.74) is 3.06. The van der Waals surface area contributed by atoms with Crippen molar-refractivity contribution in [3.05, 3.63) is 103 Å². The number of alkyl carbamates (subject to hydrolysis) is 1. The molecule has 1 aliphatic heterocycles. The molecule has 0 aliphatic carbocycles. The van der Waals surface area contributed by atoms with Crippen molar-refractivity contribution < 1.29 is 24.2 Å². The fourth-order valence-corrected chi connectivity index (χ4v) is 3.96. The average Bonchev–Trinajstić information content (AvgIpc) is 2.90. The van der Waals surface area contributed by atoms with Gasteiger partial charge in [-0.15, -0.1) is 0 Å². The number of nitrogens with one attached hydrogen (secondary N) is 1. The zero-order chi connectivity index (χ0) is 25.9. The first kappa shape index (κ1) is 26.3. The van der Waals surface area contributed by atoms with Crippen LogP contribution >= 0.6 is 0 Å². The second-order valence-corrected chi connectivity index (χ2v) is 8.29. The van der Waals surface area contributed by atoms with Crippen molar-refractivity contribution >= 4 is 23.7 Å². The van der Waals surface area contributed by atoms with Gasteiger partial charge in [0.05, 0.1) is 6.42 Å². The Morgan fingerprint density at radius 2 is 1.64 bits per heavy atom. The number of aliphatic carboxylic acids is 1. The number of carbonyl (C=O) groups excluding carboxylic acids is 2. The summed E-state index contributed by atoms with van der Waals surface area (Å²) in [5.74, 6) is -1.12. The predicted octanol–water partition coefficient (Wildman–Crippen LogP) is 3.56. The van der Waals surface area contributed by atoms with E-state index in [9.17, 15) is 14.4 Å². The van der Waals surface area contributed by atoms with Crippen LogP contribution in [0.4, 0.5) is 10.5 Å². The number of carboxylic acids is 1. The summed E-state index contributed by atoms with van der Waals surface area (Å²) in [4.78, 5) is 40.7. The molecule has 0 spiro atoms. The van der Waals surface area contributed by atoms with E-state index in [0.29, 0.717) is 31.8 Å². The van der Waals surface area contributed by atoms with E-state index in [1.54, 1.807) is 29.2 Å². The molecule has 8 nitrogen and oxygen atoms in total. The minimum atomic E-state index is -0.953. The van der Waals surface area contributed by atoms with Gasteiger partial charge in [0.1, 0.15) is 12.6 Å². The third kappa shape index (κ3) is 7.33. The SMILES string of the molecule is C=C/C=C(\C=C)C(NC(=O)OCc1ccccc1)C(=O)N1CCN(c2ccc(CC(=O)O)cc2)CC1. The smallest absolute Gasteiger partial charge is 0.408 e. The number of rotatable bonds is 10. The van der Waals surface area contributed by atoms with Gasteiger partial charge >= 0.3 is 12.1 Å². The van der Waals surface area contributed by atoms with Crippen LogP contribution in [0.1, 0.15) is 11.1 Å². The van der Waals surface area contributed by atoms with E-state index in [0.717, 1.165) is 16.8 Å². The zero-order valence-corrected chi connectivity index (χ0v) is 20.1. The van der Waals surface area contributed by atoms with Gasteiger partial charge < -0.3 is 25.0 Å². The van der Waals surface area contributed by atoms with Crippen molar-refractivity contribution in [3.63, 3.8) is 0 Å². The number of anilines is 1. The van der Waals surface area contributed by atoms with Crippen molar-refractivity contribution in [1.29, 1.82) is 0 Å². The molecule has 2 aromatic rings. The monoisotopic (exact) mass is 489 g/mol. The second kappa shape index (κ2) is 12.9. The number of benzene rings is 2. The van der Waals surface area contributed by atoms with Gasteiger partial charge in [-0.1, -0.05) is 73.9 Å². The molecule has 1 unspecified atom stereocenters. The highest BCUT2D eigenvalue weighted by Crippen LogP contribution is 2.19. The molecule has 0 bridgehead atoms. The summed E-state index contributed by atoms with van der Waals surface area (Å²) >= 11 is 0. The molecule has 1 atom stereocenters. The van der Waals surface area contributed by atoms with Gasteiger partial charge in [-0.2, -0.15) is 0 Å². The van der Waals surface area contributed by atoms with Crippen LogP contribution in [-0.2, 0) is 27.4 Å². The van der Waals surface area contributed by atoms with Crippen molar-refractivity contribution in [1.82, 2.24) is 10.2 Å². The van der Waals surface area contributed by atoms with Gasteiger partial charge in [0.2, 0.25) is 5.91 Å². The van der Waals surface area contributed by atoms with Crippen molar-refractivity contribution in [2.24, 2.45) is 0 Å². The minimum absolute atomic E-state index is 0.0193. The van der Waals surface area contributed by atoms with E-state index in [1.165, 1.54) is 6.08 Å². The zero-order valence-electron chi connectivity index (χ0n) is 20.1. The molecule has 0 saturated carbocycles. The molecule has 188 valence electrons. The molecule has 2 amide bonds. The number of ether oxygens (including phenoxy) is 1. The summed E-state index contributed by atoms with van der Waals surface area (Å²) in [5, 5.41) is 11.6. The Kier molecular flexibility index (Phi) is 9.45. The topological polar surface area (TPSA) is 99.2 Å². The number of carboxylic acid groups (broad SMARTS) is 1. The maximum absolute atomic E-state index is 13.4. The Morgan fingerprint density at radius 1 is 0.972 bits per heavy atom. The van der Waals surface area contributed by atoms with Gasteiger partial charge in [-0.3, -0.25) is 9.59 Å². The van der Waals surface area contributed by atoms with Crippen LogP contribution in [0.2, 0.25) is 0 Å². The number of allylic oxidation sites excluding steroid dienone is 2. The van der Waals surface area contributed by atoms with Crippen LogP contribution in [0, 0.1) is 0 Å². The summed E-state index contributed by atoms with van der Waals surface area (Å²) in [7, 11) is 0. The summed E-state index contributed by atoms with van der Waals surface area (Å²) in [6.45, 7) is 9.69. The molecule has 3 rings (SSSR count). The average molecular weight is 490 g/mol. The molecule has 1 heterocycles. The number of carbonyl (C=O) groups is 3. The molecular weight excluding hydrogens is 458 g/mol. The Morgan fingerprint density at radius 3 is 2.22 bits per heavy atom. The lowest BCUT2D eigenvalue weighted by Gasteiger charge is -2.37. The maximum atomic E-state index is 13.4. The van der Waals surface area contributed by atoms with Gasteiger partial charge in [0.25, 0.3) is 0 Å². The van der Waals surface area contributed by atoms with E-state index in [2.05, 4.69) is 23.4 Å². The molecule has 2 N–H and O–H groups in total. The third-order valence-corrected chi connectivity index (χ3v) is 5.85. The molecule has 1 saturated heterocycles. The number of piperazine rings is 1. The Bertz CT molecular complexity index is 1100. The van der Waals surface area contributed by atoms with Gasteiger partial charge in [0.15, 0.2) is 0 Å². The van der Waals surface area contributed by atoms with Crippen molar-refractivity contribution in [2.45, 2.75) is 19.1 Å². The summed E-state index contributed by atoms with van der Waals surface area (Å²) in [6, 6.07) is 15.7. The van der Waals surface area contributed by atoms with Crippen molar-refractivity contribution in [3.8, 4) is 0 Å². The largest absolute Gasteiger partial charge is 0.481 e. The van der Waals surface area contributed by atoms with Crippen LogP contribution < -0.4 is 10.2 Å². The van der Waals surface area contributed by atoms with Crippen LogP contribution in [0.15, 0.2) is 91.6 Å². The fraction of sp³-hybridized carbons (Fsp3) is 0.250. The first-order chi connectivity index (χ1) is 17.4. The van der Waals surface area contributed by atoms with E-state index in [-0.39, 0.29) is 18.9 Å². The molecule has 0 aromatic heterocycles. The predicted molar refractivity (Wildman–Crippen MR) is 139 cm³/mol. The Hall–Kier alpha value is -4.33. The number of nitrogens with zero attached hydrogens (tertiary/aromatic N) is 2. The first-order valence-corrected chi connectivity index (χ1v) is 11.7. The lowest BCUT2D eigenvalue weighted by Crippen LogP contribution is -2.55. The molecule has 36 heavy (non-hydrogen) atoms. The van der Waals surface area contributed by atoms with Crippen LogP contribution in [-0.4, -0.2) is 60.2 Å². The molecular formula is C28H31N3O5. The highest BCUT2D eigenvalue weighted by atomic mass is 16.5. The minimum Gasteiger partial charge on any atom is -0.481 e. The normalized spacial score (nSPS) is 14.5.